The fourth-order valence-electron chi connectivity index (χ4n) is 3.19. The van der Waals surface area contributed by atoms with Gasteiger partial charge in [-0.1, -0.05) is 36.4 Å². The van der Waals surface area contributed by atoms with E-state index >= 15 is 0 Å². The number of fused-ring (bicyclic) bond motifs is 2. The van der Waals surface area contributed by atoms with Gasteiger partial charge in [0.2, 0.25) is 6.10 Å². The molecule has 1 saturated heterocycles. The summed E-state index contributed by atoms with van der Waals surface area (Å²) in [7, 11) is 0. The van der Waals surface area contributed by atoms with E-state index in [-0.39, 0.29) is 6.10 Å². The molecule has 4 rings (SSSR count). The fraction of sp³-hybridized carbons (Fsp3) is 0.263. The minimum atomic E-state index is -0.838. The Morgan fingerprint density at radius 1 is 1.04 bits per heavy atom. The summed E-state index contributed by atoms with van der Waals surface area (Å²) in [5.74, 6) is -0.311. The second-order valence-corrected chi connectivity index (χ2v) is 6.02. The van der Waals surface area contributed by atoms with Gasteiger partial charge in [-0.05, 0) is 19.1 Å². The Kier molecular flexibility index (Phi) is 3.49. The topological polar surface area (TPSA) is 61.8 Å². The summed E-state index contributed by atoms with van der Waals surface area (Å²) in [6.07, 6.45) is -0.684. The quantitative estimate of drug-likeness (QED) is 0.794. The highest BCUT2D eigenvalue weighted by Gasteiger charge is 2.39. The van der Waals surface area contributed by atoms with Gasteiger partial charge in [0.15, 0.2) is 0 Å². The normalized spacial score (nSPS) is 22.1. The highest BCUT2D eigenvalue weighted by atomic mass is 16.6. The molecule has 122 valence electrons. The minimum Gasteiger partial charge on any atom is -0.460 e. The summed E-state index contributed by atoms with van der Waals surface area (Å²) in [6, 6.07) is 14.7. The molecular formula is C19H16O5. The third-order valence-corrected chi connectivity index (χ3v) is 4.30. The van der Waals surface area contributed by atoms with E-state index < -0.39 is 24.0 Å². The number of ether oxygens (including phenoxy) is 3. The van der Waals surface area contributed by atoms with E-state index in [0.29, 0.717) is 17.9 Å². The molecule has 0 bridgehead atoms. The van der Waals surface area contributed by atoms with Crippen LogP contribution in [0.1, 0.15) is 30.4 Å². The molecule has 0 unspecified atom stereocenters. The van der Waals surface area contributed by atoms with Gasteiger partial charge in [-0.15, -0.1) is 0 Å². The van der Waals surface area contributed by atoms with Crippen molar-refractivity contribution in [1.82, 2.24) is 0 Å². The summed E-state index contributed by atoms with van der Waals surface area (Å²) in [6.45, 7) is 1.78. The van der Waals surface area contributed by atoms with Crippen molar-refractivity contribution in [3.63, 3.8) is 0 Å². The van der Waals surface area contributed by atoms with Crippen LogP contribution in [-0.4, -0.2) is 24.1 Å². The first-order chi connectivity index (χ1) is 11.6. The standard InChI is InChI=1S/C19H16O5/c1-11-10-16(18(20)22-11)24-19(21)17-12-6-2-4-8-14(12)23-15-9-5-3-7-13(15)17/h2-9,11,16-17H,10H2,1H3/t11-,16-/m0/s1. The average Bonchev–Trinajstić information content (AvgIpc) is 2.89. The van der Waals surface area contributed by atoms with E-state index in [2.05, 4.69) is 0 Å². The van der Waals surface area contributed by atoms with Crippen molar-refractivity contribution in [2.75, 3.05) is 0 Å². The molecule has 2 heterocycles. The Hall–Kier alpha value is -2.82. The van der Waals surface area contributed by atoms with Gasteiger partial charge in [-0.3, -0.25) is 4.79 Å². The van der Waals surface area contributed by atoms with Gasteiger partial charge in [-0.25, -0.2) is 4.79 Å². The molecule has 0 N–H and O–H groups in total. The molecule has 0 aromatic heterocycles. The van der Waals surface area contributed by atoms with Crippen molar-refractivity contribution in [3.8, 4) is 11.5 Å². The van der Waals surface area contributed by atoms with E-state index in [0.717, 1.165) is 11.1 Å². The van der Waals surface area contributed by atoms with Crippen LogP contribution in [0, 0.1) is 0 Å². The molecule has 2 atom stereocenters. The number of hydrogen-bond acceptors (Lipinski definition) is 5. The van der Waals surface area contributed by atoms with Crippen molar-refractivity contribution >= 4 is 11.9 Å². The van der Waals surface area contributed by atoms with Gasteiger partial charge in [0.1, 0.15) is 23.5 Å². The maximum atomic E-state index is 12.8. The minimum absolute atomic E-state index is 0.232. The van der Waals surface area contributed by atoms with Gasteiger partial charge >= 0.3 is 11.9 Å². The lowest BCUT2D eigenvalue weighted by atomic mass is 9.88. The van der Waals surface area contributed by atoms with Crippen LogP contribution in [0.25, 0.3) is 0 Å². The van der Waals surface area contributed by atoms with Gasteiger partial charge < -0.3 is 14.2 Å². The van der Waals surface area contributed by atoms with E-state index in [1.807, 2.05) is 48.5 Å². The molecule has 0 saturated carbocycles. The largest absolute Gasteiger partial charge is 0.460 e. The molecule has 2 aliphatic rings. The zero-order chi connectivity index (χ0) is 16.7. The first-order valence-corrected chi connectivity index (χ1v) is 7.90. The van der Waals surface area contributed by atoms with Crippen LogP contribution in [0.5, 0.6) is 11.5 Å². The Balaban J connectivity index is 1.69. The van der Waals surface area contributed by atoms with Crippen LogP contribution in [0.3, 0.4) is 0 Å². The average molecular weight is 324 g/mol. The molecule has 0 spiro atoms. The Bertz CT molecular complexity index is 767. The number of rotatable bonds is 2. The zero-order valence-corrected chi connectivity index (χ0v) is 13.1. The summed E-state index contributed by atoms with van der Waals surface area (Å²) in [4.78, 5) is 24.6. The van der Waals surface area contributed by atoms with Crippen molar-refractivity contribution in [1.29, 1.82) is 0 Å². The zero-order valence-electron chi connectivity index (χ0n) is 13.1. The second-order valence-electron chi connectivity index (χ2n) is 6.02. The molecule has 0 radical (unpaired) electrons. The number of carbonyl (C=O) groups is 2. The lowest BCUT2D eigenvalue weighted by molar-refractivity contribution is -0.161. The van der Waals surface area contributed by atoms with Crippen LogP contribution >= 0.6 is 0 Å². The highest BCUT2D eigenvalue weighted by Crippen LogP contribution is 2.44. The molecule has 5 heteroatoms. The summed E-state index contributed by atoms with van der Waals surface area (Å²) < 4.78 is 16.4. The molecular weight excluding hydrogens is 308 g/mol. The molecule has 2 aliphatic heterocycles. The van der Waals surface area contributed by atoms with Crippen LogP contribution < -0.4 is 4.74 Å². The summed E-state index contributed by atoms with van der Waals surface area (Å²) in [5.41, 5.74) is 1.47. The number of cyclic esters (lactones) is 1. The van der Waals surface area contributed by atoms with Crippen molar-refractivity contribution in [3.05, 3.63) is 59.7 Å². The summed E-state index contributed by atoms with van der Waals surface area (Å²) >= 11 is 0. The number of hydrogen-bond donors (Lipinski definition) is 0. The molecule has 2 aromatic rings. The molecule has 1 fully saturated rings. The number of esters is 2. The Morgan fingerprint density at radius 3 is 2.17 bits per heavy atom. The van der Waals surface area contributed by atoms with Crippen LogP contribution in [0.2, 0.25) is 0 Å². The third-order valence-electron chi connectivity index (χ3n) is 4.30. The summed E-state index contributed by atoms with van der Waals surface area (Å²) in [5, 5.41) is 0. The van der Waals surface area contributed by atoms with Crippen LogP contribution in [-0.2, 0) is 19.1 Å². The van der Waals surface area contributed by atoms with Crippen molar-refractivity contribution in [2.45, 2.75) is 31.5 Å². The van der Waals surface area contributed by atoms with Crippen LogP contribution in [0.15, 0.2) is 48.5 Å². The number of para-hydroxylation sites is 2. The molecule has 24 heavy (non-hydrogen) atoms. The molecule has 0 aliphatic carbocycles. The Labute approximate surface area is 139 Å². The lowest BCUT2D eigenvalue weighted by Gasteiger charge is -2.27. The van der Waals surface area contributed by atoms with E-state index in [4.69, 9.17) is 14.2 Å². The van der Waals surface area contributed by atoms with Crippen molar-refractivity contribution < 1.29 is 23.8 Å². The van der Waals surface area contributed by atoms with E-state index in [9.17, 15) is 9.59 Å². The van der Waals surface area contributed by atoms with Gasteiger partial charge in [0.25, 0.3) is 0 Å². The maximum absolute atomic E-state index is 12.8. The highest BCUT2D eigenvalue weighted by molar-refractivity contribution is 5.88. The SMILES string of the molecule is C[C@H]1C[C@H](OC(=O)C2c3ccccc3Oc3ccccc32)C(=O)O1. The molecule has 2 aromatic carbocycles. The van der Waals surface area contributed by atoms with Gasteiger partial charge in [-0.2, -0.15) is 0 Å². The first-order valence-electron chi connectivity index (χ1n) is 7.90. The smallest absolute Gasteiger partial charge is 0.347 e. The van der Waals surface area contributed by atoms with E-state index in [1.165, 1.54) is 0 Å². The maximum Gasteiger partial charge on any atom is 0.347 e. The second kappa shape index (κ2) is 5.67. The lowest BCUT2D eigenvalue weighted by Crippen LogP contribution is -2.28. The van der Waals surface area contributed by atoms with Gasteiger partial charge in [0, 0.05) is 17.5 Å². The monoisotopic (exact) mass is 324 g/mol. The van der Waals surface area contributed by atoms with Crippen LogP contribution in [0.4, 0.5) is 0 Å². The van der Waals surface area contributed by atoms with E-state index in [1.54, 1.807) is 6.92 Å². The van der Waals surface area contributed by atoms with Crippen molar-refractivity contribution in [2.24, 2.45) is 0 Å². The number of carbonyl (C=O) groups excluding carboxylic acids is 2. The Morgan fingerprint density at radius 2 is 1.62 bits per heavy atom. The first kappa shape index (κ1) is 14.8. The third kappa shape index (κ3) is 2.42. The van der Waals surface area contributed by atoms with Gasteiger partial charge in [0.05, 0.1) is 0 Å². The predicted molar refractivity (Wildman–Crippen MR) is 84.9 cm³/mol. The number of benzene rings is 2. The molecule has 5 nitrogen and oxygen atoms in total. The molecule has 0 amide bonds. The fourth-order valence-corrected chi connectivity index (χ4v) is 3.19. The predicted octanol–water partition coefficient (Wildman–Crippen LogP) is 3.17.